The van der Waals surface area contributed by atoms with Crippen LogP contribution < -0.4 is 4.74 Å². The number of aromatic nitrogens is 1. The van der Waals surface area contributed by atoms with Crippen molar-refractivity contribution in [3.63, 3.8) is 0 Å². The molecule has 0 saturated carbocycles. The number of carbonyl (C=O) groups excluding carboxylic acids is 1. The molecule has 0 radical (unpaired) electrons. The van der Waals surface area contributed by atoms with Crippen LogP contribution in [0, 0.1) is 0 Å². The highest BCUT2D eigenvalue weighted by atomic mass is 16.5. The molecule has 4 heteroatoms. The molecule has 4 nitrogen and oxygen atoms in total. The van der Waals surface area contributed by atoms with E-state index in [0.717, 1.165) is 32.6 Å². The van der Waals surface area contributed by atoms with Crippen LogP contribution in [0.4, 0.5) is 0 Å². The molecule has 28 heavy (non-hydrogen) atoms. The minimum atomic E-state index is -0.581. The molecule has 1 aromatic heterocycles. The smallest absolute Gasteiger partial charge is 0.347 e. The van der Waals surface area contributed by atoms with Gasteiger partial charge in [0.15, 0.2) is 0 Å². The topological polar surface area (TPSA) is 51.5 Å². The number of phenols is 1. The Kier molecular flexibility index (Phi) is 3.59. The molecule has 5 rings (SSSR count). The number of fused-ring (bicyclic) bond motifs is 5. The monoisotopic (exact) mass is 367 g/mol. The van der Waals surface area contributed by atoms with Gasteiger partial charge in [-0.3, -0.25) is 0 Å². The van der Waals surface area contributed by atoms with Crippen molar-refractivity contribution in [2.24, 2.45) is 7.05 Å². The van der Waals surface area contributed by atoms with E-state index in [9.17, 15) is 9.90 Å². The summed E-state index contributed by atoms with van der Waals surface area (Å²) in [6.07, 6.45) is 0. The van der Waals surface area contributed by atoms with Crippen LogP contribution in [-0.2, 0) is 7.05 Å². The molecule has 0 aliphatic carbocycles. The lowest BCUT2D eigenvalue weighted by Crippen LogP contribution is -2.08. The van der Waals surface area contributed by atoms with E-state index >= 15 is 0 Å². The van der Waals surface area contributed by atoms with Crippen LogP contribution >= 0.6 is 0 Å². The normalized spacial score (nSPS) is 11.3. The third-order valence-corrected chi connectivity index (χ3v) is 5.17. The molecule has 0 saturated heterocycles. The van der Waals surface area contributed by atoms with E-state index in [0.29, 0.717) is 5.75 Å². The number of nitrogens with zero attached hydrogens (tertiary/aromatic N) is 1. The van der Waals surface area contributed by atoms with Crippen molar-refractivity contribution in [1.29, 1.82) is 0 Å². The Hall–Kier alpha value is -3.79. The number of benzene rings is 4. The molecule has 0 aliphatic rings. The van der Waals surface area contributed by atoms with Crippen molar-refractivity contribution in [1.82, 2.24) is 4.57 Å². The third kappa shape index (κ3) is 2.42. The molecule has 4 aromatic carbocycles. The van der Waals surface area contributed by atoms with Gasteiger partial charge in [0, 0.05) is 28.7 Å². The molecule has 0 bridgehead atoms. The lowest BCUT2D eigenvalue weighted by molar-refractivity contribution is 0.0732. The fourth-order valence-electron chi connectivity index (χ4n) is 3.85. The first-order chi connectivity index (χ1) is 13.6. The van der Waals surface area contributed by atoms with E-state index < -0.39 is 5.97 Å². The second-order valence-electron chi connectivity index (χ2n) is 6.83. The van der Waals surface area contributed by atoms with Gasteiger partial charge in [0.05, 0.1) is 5.52 Å². The van der Waals surface area contributed by atoms with Crippen LogP contribution in [0.3, 0.4) is 0 Å². The molecule has 0 atom stereocenters. The predicted octanol–water partition coefficient (Wildman–Crippen LogP) is 5.41. The maximum absolute atomic E-state index is 12.6. The lowest BCUT2D eigenvalue weighted by Gasteiger charge is -2.09. The van der Waals surface area contributed by atoms with E-state index in [2.05, 4.69) is 22.8 Å². The Morgan fingerprint density at radius 1 is 0.857 bits per heavy atom. The van der Waals surface area contributed by atoms with E-state index in [1.165, 1.54) is 0 Å². The minimum absolute atomic E-state index is 0.0915. The fraction of sp³-hybridized carbons (Fsp3) is 0.0417. The standard InChI is InChI=1S/C24H17NO3/c1-25-21-10-6-5-9-17(21)18-12-11-15-13-20(22(26)14-19(15)23(18)25)24(27)28-16-7-3-2-4-8-16/h2-14,26H,1H3. The van der Waals surface area contributed by atoms with Gasteiger partial charge in [0.1, 0.15) is 17.1 Å². The number of esters is 1. The van der Waals surface area contributed by atoms with Crippen molar-refractivity contribution in [3.05, 3.63) is 84.4 Å². The van der Waals surface area contributed by atoms with Gasteiger partial charge in [-0.25, -0.2) is 4.79 Å². The molecule has 0 spiro atoms. The average Bonchev–Trinajstić information content (AvgIpc) is 3.01. The lowest BCUT2D eigenvalue weighted by atomic mass is 10.0. The second kappa shape index (κ2) is 6.13. The van der Waals surface area contributed by atoms with Crippen LogP contribution in [0.1, 0.15) is 10.4 Å². The largest absolute Gasteiger partial charge is 0.507 e. The zero-order valence-corrected chi connectivity index (χ0v) is 15.2. The molecule has 1 N–H and O–H groups in total. The fourth-order valence-corrected chi connectivity index (χ4v) is 3.85. The van der Waals surface area contributed by atoms with Gasteiger partial charge in [-0.15, -0.1) is 0 Å². The summed E-state index contributed by atoms with van der Waals surface area (Å²) in [7, 11) is 2.01. The Morgan fingerprint density at radius 3 is 2.43 bits per heavy atom. The summed E-state index contributed by atoms with van der Waals surface area (Å²) < 4.78 is 7.50. The number of hydrogen-bond acceptors (Lipinski definition) is 3. The molecule has 0 fully saturated rings. The highest BCUT2D eigenvalue weighted by Gasteiger charge is 2.18. The molecule has 1 heterocycles. The van der Waals surface area contributed by atoms with E-state index in [-0.39, 0.29) is 11.3 Å². The number of aromatic hydroxyl groups is 1. The summed E-state index contributed by atoms with van der Waals surface area (Å²) in [5.74, 6) is -0.231. The molecule has 136 valence electrons. The SMILES string of the molecule is Cn1c2ccccc2c2ccc3cc(C(=O)Oc4ccccc4)c(O)cc3c21. The van der Waals surface area contributed by atoms with Crippen molar-refractivity contribution < 1.29 is 14.6 Å². The molecule has 0 unspecified atom stereocenters. The Bertz CT molecular complexity index is 1370. The summed E-state index contributed by atoms with van der Waals surface area (Å²) in [5, 5.41) is 14.6. The average molecular weight is 367 g/mol. The number of phenolic OH excluding ortho intramolecular Hbond substituents is 1. The molecule has 5 aromatic rings. The Balaban J connectivity index is 1.69. The van der Waals surface area contributed by atoms with Gasteiger partial charge >= 0.3 is 5.97 Å². The zero-order valence-electron chi connectivity index (χ0n) is 15.2. The summed E-state index contributed by atoms with van der Waals surface area (Å²) in [6.45, 7) is 0. The van der Waals surface area contributed by atoms with Crippen molar-refractivity contribution in [2.45, 2.75) is 0 Å². The second-order valence-corrected chi connectivity index (χ2v) is 6.83. The highest BCUT2D eigenvalue weighted by Crippen LogP contribution is 2.36. The number of carbonyl (C=O) groups is 1. The molecular formula is C24H17NO3. The first-order valence-electron chi connectivity index (χ1n) is 9.03. The van der Waals surface area contributed by atoms with Gasteiger partial charge in [-0.2, -0.15) is 0 Å². The maximum Gasteiger partial charge on any atom is 0.347 e. The number of ether oxygens (including phenoxy) is 1. The summed E-state index contributed by atoms with van der Waals surface area (Å²) >= 11 is 0. The van der Waals surface area contributed by atoms with Gasteiger partial charge in [0.25, 0.3) is 0 Å². The van der Waals surface area contributed by atoms with Crippen LogP contribution in [0.25, 0.3) is 32.6 Å². The number of hydrogen-bond donors (Lipinski definition) is 1. The summed E-state index contributed by atoms with van der Waals surface area (Å²) in [5.41, 5.74) is 2.29. The van der Waals surface area contributed by atoms with Gasteiger partial charge in [-0.1, -0.05) is 48.5 Å². The van der Waals surface area contributed by atoms with Crippen molar-refractivity contribution in [2.75, 3.05) is 0 Å². The quantitative estimate of drug-likeness (QED) is 0.335. The predicted molar refractivity (Wildman–Crippen MR) is 111 cm³/mol. The van der Waals surface area contributed by atoms with Crippen molar-refractivity contribution >= 4 is 38.5 Å². The number of aryl methyl sites for hydroxylation is 1. The van der Waals surface area contributed by atoms with Gasteiger partial charge in [0.2, 0.25) is 0 Å². The molecular weight excluding hydrogens is 350 g/mol. The highest BCUT2D eigenvalue weighted by molar-refractivity contribution is 6.18. The Labute approximate surface area is 161 Å². The first kappa shape index (κ1) is 16.4. The Morgan fingerprint density at radius 2 is 1.61 bits per heavy atom. The van der Waals surface area contributed by atoms with Crippen molar-refractivity contribution in [3.8, 4) is 11.5 Å². The molecule has 0 amide bonds. The van der Waals surface area contributed by atoms with E-state index in [1.54, 1.807) is 36.4 Å². The van der Waals surface area contributed by atoms with Gasteiger partial charge in [-0.05, 0) is 35.7 Å². The number of rotatable bonds is 2. The van der Waals surface area contributed by atoms with E-state index in [4.69, 9.17) is 4.74 Å². The van der Waals surface area contributed by atoms with E-state index in [1.807, 2.05) is 31.3 Å². The maximum atomic E-state index is 12.6. The summed E-state index contributed by atoms with van der Waals surface area (Å²) in [4.78, 5) is 12.6. The third-order valence-electron chi connectivity index (χ3n) is 5.17. The van der Waals surface area contributed by atoms with Crippen LogP contribution in [-0.4, -0.2) is 15.6 Å². The minimum Gasteiger partial charge on any atom is -0.507 e. The van der Waals surface area contributed by atoms with Crippen LogP contribution in [0.15, 0.2) is 78.9 Å². The van der Waals surface area contributed by atoms with Gasteiger partial charge < -0.3 is 14.4 Å². The first-order valence-corrected chi connectivity index (χ1v) is 9.03. The van der Waals surface area contributed by atoms with Crippen LogP contribution in [0.2, 0.25) is 0 Å². The van der Waals surface area contributed by atoms with Crippen LogP contribution in [0.5, 0.6) is 11.5 Å². The summed E-state index contributed by atoms with van der Waals surface area (Å²) in [6, 6.07) is 24.4. The number of para-hydroxylation sites is 2. The molecule has 0 aliphatic heterocycles. The zero-order chi connectivity index (χ0) is 19.3.